The fraction of sp³-hybridized carbons (Fsp3) is 0.211. The van der Waals surface area contributed by atoms with Crippen LogP contribution in [0.5, 0.6) is 5.75 Å². The van der Waals surface area contributed by atoms with E-state index in [9.17, 15) is 19.5 Å². The standard InChI is InChI=1S/C19H20N2O5/c1-12(26-18(24)11-14-3-9-17(23)10-4-14)19(25)21-16-7-5-15(6-8-16)20-13(2)22/h3-10,12,23H,11H2,1-2H3,(H,20,22)(H,21,25)/t12-/m1/s1. The molecule has 1 atom stereocenters. The molecule has 136 valence electrons. The number of aromatic hydroxyl groups is 1. The van der Waals surface area contributed by atoms with Crippen LogP contribution in [0.15, 0.2) is 48.5 Å². The first-order valence-electron chi connectivity index (χ1n) is 7.99. The number of nitrogens with one attached hydrogen (secondary N) is 2. The van der Waals surface area contributed by atoms with Gasteiger partial charge in [-0.05, 0) is 48.9 Å². The summed E-state index contributed by atoms with van der Waals surface area (Å²) in [4.78, 5) is 35.0. The van der Waals surface area contributed by atoms with Crippen LogP contribution in [0, 0.1) is 0 Å². The zero-order valence-corrected chi connectivity index (χ0v) is 14.5. The average Bonchev–Trinajstić information content (AvgIpc) is 2.58. The molecule has 0 radical (unpaired) electrons. The van der Waals surface area contributed by atoms with Crippen molar-refractivity contribution >= 4 is 29.2 Å². The lowest BCUT2D eigenvalue weighted by molar-refractivity contribution is -0.152. The molecule has 2 amide bonds. The van der Waals surface area contributed by atoms with E-state index in [1.54, 1.807) is 36.4 Å². The molecule has 0 saturated heterocycles. The zero-order chi connectivity index (χ0) is 19.1. The number of phenols is 1. The minimum Gasteiger partial charge on any atom is -0.508 e. The van der Waals surface area contributed by atoms with E-state index in [1.807, 2.05) is 0 Å². The van der Waals surface area contributed by atoms with E-state index < -0.39 is 18.0 Å². The van der Waals surface area contributed by atoms with Gasteiger partial charge in [-0.3, -0.25) is 14.4 Å². The van der Waals surface area contributed by atoms with Gasteiger partial charge in [-0.2, -0.15) is 0 Å². The summed E-state index contributed by atoms with van der Waals surface area (Å²) in [6.07, 6.45) is -0.960. The number of carbonyl (C=O) groups is 3. The smallest absolute Gasteiger partial charge is 0.311 e. The van der Waals surface area contributed by atoms with Crippen molar-refractivity contribution in [1.29, 1.82) is 0 Å². The lowest BCUT2D eigenvalue weighted by Crippen LogP contribution is -2.30. The maximum absolute atomic E-state index is 12.1. The summed E-state index contributed by atoms with van der Waals surface area (Å²) in [5, 5.41) is 14.5. The van der Waals surface area contributed by atoms with Gasteiger partial charge in [-0.15, -0.1) is 0 Å². The van der Waals surface area contributed by atoms with E-state index in [0.717, 1.165) is 0 Å². The summed E-state index contributed by atoms with van der Waals surface area (Å²) >= 11 is 0. The maximum atomic E-state index is 12.1. The lowest BCUT2D eigenvalue weighted by Gasteiger charge is -2.14. The normalized spacial score (nSPS) is 11.3. The highest BCUT2D eigenvalue weighted by Gasteiger charge is 2.18. The van der Waals surface area contributed by atoms with E-state index in [-0.39, 0.29) is 18.1 Å². The van der Waals surface area contributed by atoms with Crippen LogP contribution < -0.4 is 10.6 Å². The van der Waals surface area contributed by atoms with E-state index in [4.69, 9.17) is 4.74 Å². The number of esters is 1. The van der Waals surface area contributed by atoms with Crippen LogP contribution in [0.1, 0.15) is 19.4 Å². The van der Waals surface area contributed by atoms with E-state index in [2.05, 4.69) is 10.6 Å². The Morgan fingerprint density at radius 2 is 1.50 bits per heavy atom. The number of hydrogen-bond acceptors (Lipinski definition) is 5. The molecule has 0 aromatic heterocycles. The summed E-state index contributed by atoms with van der Waals surface area (Å²) in [5.41, 5.74) is 1.81. The lowest BCUT2D eigenvalue weighted by atomic mass is 10.1. The predicted molar refractivity (Wildman–Crippen MR) is 96.7 cm³/mol. The number of amides is 2. The van der Waals surface area contributed by atoms with Gasteiger partial charge >= 0.3 is 5.97 Å². The summed E-state index contributed by atoms with van der Waals surface area (Å²) < 4.78 is 5.12. The second kappa shape index (κ2) is 8.66. The Labute approximate surface area is 151 Å². The monoisotopic (exact) mass is 356 g/mol. The average molecular weight is 356 g/mol. The number of phenolic OH excluding ortho intramolecular Hbond substituents is 1. The molecular weight excluding hydrogens is 336 g/mol. The Morgan fingerprint density at radius 1 is 0.962 bits per heavy atom. The molecular formula is C19H20N2O5. The molecule has 3 N–H and O–H groups in total. The SMILES string of the molecule is CC(=O)Nc1ccc(NC(=O)[C@@H](C)OC(=O)Cc2ccc(O)cc2)cc1. The van der Waals surface area contributed by atoms with Crippen molar-refractivity contribution in [3.63, 3.8) is 0 Å². The molecule has 0 aliphatic rings. The Kier molecular flexibility index (Phi) is 6.32. The quantitative estimate of drug-likeness (QED) is 0.690. The van der Waals surface area contributed by atoms with Crippen LogP contribution in [-0.4, -0.2) is 29.0 Å². The Hall–Kier alpha value is -3.35. The van der Waals surface area contributed by atoms with Gasteiger partial charge in [0.1, 0.15) is 5.75 Å². The molecule has 0 saturated carbocycles. The molecule has 7 heteroatoms. The fourth-order valence-corrected chi connectivity index (χ4v) is 2.16. The third-order valence-corrected chi connectivity index (χ3v) is 3.44. The summed E-state index contributed by atoms with van der Waals surface area (Å²) in [5.74, 6) is -1.08. The first kappa shape index (κ1) is 19.0. The molecule has 0 bridgehead atoms. The number of ether oxygens (including phenoxy) is 1. The Balaban J connectivity index is 1.85. The second-order valence-electron chi connectivity index (χ2n) is 5.72. The number of hydrogen-bond donors (Lipinski definition) is 3. The highest BCUT2D eigenvalue weighted by molar-refractivity contribution is 5.95. The summed E-state index contributed by atoms with van der Waals surface area (Å²) in [7, 11) is 0. The molecule has 0 unspecified atom stereocenters. The minimum atomic E-state index is -0.963. The van der Waals surface area contributed by atoms with Crippen molar-refractivity contribution in [3.05, 3.63) is 54.1 Å². The maximum Gasteiger partial charge on any atom is 0.311 e. The van der Waals surface area contributed by atoms with Crippen molar-refractivity contribution in [1.82, 2.24) is 0 Å². The van der Waals surface area contributed by atoms with E-state index in [1.165, 1.54) is 26.0 Å². The molecule has 0 fully saturated rings. The van der Waals surface area contributed by atoms with Gasteiger partial charge in [-0.1, -0.05) is 12.1 Å². The third kappa shape index (κ3) is 5.94. The number of carbonyl (C=O) groups excluding carboxylic acids is 3. The molecule has 0 aliphatic heterocycles. The molecule has 0 aliphatic carbocycles. The topological polar surface area (TPSA) is 105 Å². The van der Waals surface area contributed by atoms with Gasteiger partial charge in [0.2, 0.25) is 5.91 Å². The molecule has 0 heterocycles. The van der Waals surface area contributed by atoms with Crippen molar-refractivity contribution in [2.75, 3.05) is 10.6 Å². The van der Waals surface area contributed by atoms with Crippen LogP contribution in [0.3, 0.4) is 0 Å². The third-order valence-electron chi connectivity index (χ3n) is 3.44. The zero-order valence-electron chi connectivity index (χ0n) is 14.5. The van der Waals surface area contributed by atoms with Crippen LogP contribution in [0.25, 0.3) is 0 Å². The van der Waals surface area contributed by atoms with Crippen LogP contribution in [0.4, 0.5) is 11.4 Å². The molecule has 0 spiro atoms. The summed E-state index contributed by atoms with van der Waals surface area (Å²) in [6.45, 7) is 2.89. The molecule has 2 aromatic rings. The Morgan fingerprint density at radius 3 is 2.04 bits per heavy atom. The van der Waals surface area contributed by atoms with Crippen LogP contribution in [0.2, 0.25) is 0 Å². The highest BCUT2D eigenvalue weighted by atomic mass is 16.5. The van der Waals surface area contributed by atoms with E-state index in [0.29, 0.717) is 16.9 Å². The second-order valence-corrected chi connectivity index (χ2v) is 5.72. The van der Waals surface area contributed by atoms with Gasteiger partial charge < -0.3 is 20.5 Å². The van der Waals surface area contributed by atoms with Gasteiger partial charge in [0, 0.05) is 18.3 Å². The van der Waals surface area contributed by atoms with E-state index >= 15 is 0 Å². The highest BCUT2D eigenvalue weighted by Crippen LogP contribution is 2.14. The molecule has 26 heavy (non-hydrogen) atoms. The van der Waals surface area contributed by atoms with Gasteiger partial charge in [0.25, 0.3) is 5.91 Å². The summed E-state index contributed by atoms with van der Waals surface area (Å²) in [6, 6.07) is 12.7. The first-order valence-corrected chi connectivity index (χ1v) is 7.99. The fourth-order valence-electron chi connectivity index (χ4n) is 2.16. The van der Waals surface area contributed by atoms with Crippen molar-refractivity contribution in [2.24, 2.45) is 0 Å². The molecule has 2 aromatic carbocycles. The first-order chi connectivity index (χ1) is 12.3. The van der Waals surface area contributed by atoms with Crippen molar-refractivity contribution in [3.8, 4) is 5.75 Å². The van der Waals surface area contributed by atoms with Crippen LogP contribution >= 0.6 is 0 Å². The molecule has 7 nitrogen and oxygen atoms in total. The van der Waals surface area contributed by atoms with Crippen LogP contribution in [-0.2, 0) is 25.5 Å². The predicted octanol–water partition coefficient (Wildman–Crippen LogP) is 2.46. The minimum absolute atomic E-state index is 0.00329. The van der Waals surface area contributed by atoms with Crippen molar-refractivity contribution in [2.45, 2.75) is 26.4 Å². The number of anilines is 2. The molecule has 2 rings (SSSR count). The Bertz CT molecular complexity index is 785. The van der Waals surface area contributed by atoms with Gasteiger partial charge in [0.15, 0.2) is 6.10 Å². The number of benzene rings is 2. The van der Waals surface area contributed by atoms with Gasteiger partial charge in [-0.25, -0.2) is 0 Å². The largest absolute Gasteiger partial charge is 0.508 e. The van der Waals surface area contributed by atoms with Crippen molar-refractivity contribution < 1.29 is 24.2 Å². The number of rotatable bonds is 6. The van der Waals surface area contributed by atoms with Gasteiger partial charge in [0.05, 0.1) is 6.42 Å².